The molecule has 0 aliphatic rings. The molecule has 0 aliphatic heterocycles. The molecule has 92 valence electrons. The van der Waals surface area contributed by atoms with Gasteiger partial charge in [-0.1, -0.05) is 22.0 Å². The molecule has 1 aromatic heterocycles. The van der Waals surface area contributed by atoms with Crippen molar-refractivity contribution in [1.82, 2.24) is 0 Å². The van der Waals surface area contributed by atoms with Crippen LogP contribution in [0.5, 0.6) is 0 Å². The highest BCUT2D eigenvalue weighted by Crippen LogP contribution is 2.26. The second kappa shape index (κ2) is 6.31. The molecule has 0 fully saturated rings. The van der Waals surface area contributed by atoms with Gasteiger partial charge in [-0.2, -0.15) is 0 Å². The molecule has 1 heterocycles. The second-order valence-electron chi connectivity index (χ2n) is 3.46. The van der Waals surface area contributed by atoms with Crippen molar-refractivity contribution in [2.75, 3.05) is 5.32 Å². The molecule has 5 heteroatoms. The zero-order valence-electron chi connectivity index (χ0n) is 9.19. The molecule has 1 amide bonds. The Hall–Kier alpha value is -0.910. The van der Waals surface area contributed by atoms with Gasteiger partial charge in [-0.05, 0) is 51.7 Å². The van der Waals surface area contributed by atoms with Crippen molar-refractivity contribution in [3.05, 3.63) is 55.6 Å². The Labute approximate surface area is 126 Å². The van der Waals surface area contributed by atoms with Crippen LogP contribution in [0, 0.1) is 0 Å². The van der Waals surface area contributed by atoms with Crippen molar-refractivity contribution in [2.45, 2.75) is 0 Å². The number of hydrogen-bond donors (Lipinski definition) is 1. The summed E-state index contributed by atoms with van der Waals surface area (Å²) in [6.45, 7) is 0. The zero-order valence-corrected chi connectivity index (χ0v) is 13.2. The smallest absolute Gasteiger partial charge is 0.248 e. The number of carbonyl (C=O) groups is 1. The predicted molar refractivity (Wildman–Crippen MR) is 83.8 cm³/mol. The van der Waals surface area contributed by atoms with Crippen LogP contribution < -0.4 is 5.32 Å². The van der Waals surface area contributed by atoms with Gasteiger partial charge in [-0.15, -0.1) is 11.3 Å². The Morgan fingerprint density at radius 1 is 1.28 bits per heavy atom. The topological polar surface area (TPSA) is 29.1 Å². The quantitative estimate of drug-likeness (QED) is 0.744. The molecule has 0 radical (unpaired) electrons. The maximum absolute atomic E-state index is 11.7. The summed E-state index contributed by atoms with van der Waals surface area (Å²) in [6, 6.07) is 9.52. The lowest BCUT2D eigenvalue weighted by molar-refractivity contribution is -0.111. The van der Waals surface area contributed by atoms with Crippen LogP contribution in [0.2, 0.25) is 0 Å². The van der Waals surface area contributed by atoms with Crippen LogP contribution in [0.3, 0.4) is 0 Å². The normalized spacial score (nSPS) is 10.8. The van der Waals surface area contributed by atoms with Crippen LogP contribution in [0.1, 0.15) is 4.88 Å². The number of hydrogen-bond acceptors (Lipinski definition) is 2. The molecule has 0 aliphatic carbocycles. The van der Waals surface area contributed by atoms with Crippen LogP contribution in [0.4, 0.5) is 5.69 Å². The highest BCUT2D eigenvalue weighted by Gasteiger charge is 2.03. The first-order valence-electron chi connectivity index (χ1n) is 5.13. The van der Waals surface area contributed by atoms with Crippen molar-refractivity contribution in [1.29, 1.82) is 0 Å². The standard InChI is InChI=1S/C13H9Br2NOS/c14-9-3-5-12(11(15)8-9)16-13(17)6-4-10-2-1-7-18-10/h1-8H,(H,16,17). The third-order valence-corrected chi connectivity index (χ3v) is 4.12. The number of carbonyl (C=O) groups excluding carboxylic acids is 1. The molecule has 0 unspecified atom stereocenters. The first-order valence-corrected chi connectivity index (χ1v) is 7.59. The third-order valence-electron chi connectivity index (χ3n) is 2.13. The van der Waals surface area contributed by atoms with E-state index in [4.69, 9.17) is 0 Å². The van der Waals surface area contributed by atoms with Crippen LogP contribution in [-0.2, 0) is 4.79 Å². The van der Waals surface area contributed by atoms with Gasteiger partial charge in [0, 0.05) is 19.9 Å². The monoisotopic (exact) mass is 385 g/mol. The van der Waals surface area contributed by atoms with Crippen molar-refractivity contribution in [3.8, 4) is 0 Å². The van der Waals surface area contributed by atoms with Gasteiger partial charge in [0.15, 0.2) is 0 Å². The molecule has 2 aromatic rings. The number of benzene rings is 1. The molecule has 1 aromatic carbocycles. The lowest BCUT2D eigenvalue weighted by Gasteiger charge is -2.05. The zero-order chi connectivity index (χ0) is 13.0. The van der Waals surface area contributed by atoms with E-state index in [1.807, 2.05) is 35.7 Å². The largest absolute Gasteiger partial charge is 0.321 e. The van der Waals surface area contributed by atoms with E-state index in [0.29, 0.717) is 0 Å². The van der Waals surface area contributed by atoms with Crippen molar-refractivity contribution in [2.24, 2.45) is 0 Å². The fraction of sp³-hybridized carbons (Fsp3) is 0. The Morgan fingerprint density at radius 3 is 2.78 bits per heavy atom. The van der Waals surface area contributed by atoms with E-state index in [0.717, 1.165) is 19.5 Å². The average molecular weight is 387 g/mol. The summed E-state index contributed by atoms with van der Waals surface area (Å²) in [6.07, 6.45) is 3.33. The number of amides is 1. The van der Waals surface area contributed by atoms with Gasteiger partial charge < -0.3 is 5.32 Å². The van der Waals surface area contributed by atoms with Crippen molar-refractivity contribution < 1.29 is 4.79 Å². The Bertz CT molecular complexity index is 579. The summed E-state index contributed by atoms with van der Waals surface area (Å²) < 4.78 is 1.80. The SMILES string of the molecule is O=C(C=Cc1cccs1)Nc1ccc(Br)cc1Br. The lowest BCUT2D eigenvalue weighted by Crippen LogP contribution is -2.08. The van der Waals surface area contributed by atoms with Gasteiger partial charge in [0.2, 0.25) is 5.91 Å². The molecule has 1 N–H and O–H groups in total. The average Bonchev–Trinajstić information content (AvgIpc) is 2.83. The van der Waals surface area contributed by atoms with Crippen LogP contribution in [-0.4, -0.2) is 5.91 Å². The molecule has 2 rings (SSSR count). The van der Waals surface area contributed by atoms with Gasteiger partial charge in [-0.3, -0.25) is 4.79 Å². The van der Waals surface area contributed by atoms with Crippen LogP contribution in [0.25, 0.3) is 6.08 Å². The lowest BCUT2D eigenvalue weighted by atomic mass is 10.3. The van der Waals surface area contributed by atoms with Crippen LogP contribution >= 0.6 is 43.2 Å². The molecule has 0 atom stereocenters. The summed E-state index contributed by atoms with van der Waals surface area (Å²) in [4.78, 5) is 12.8. The van der Waals surface area contributed by atoms with Gasteiger partial charge in [-0.25, -0.2) is 0 Å². The van der Waals surface area contributed by atoms with Crippen molar-refractivity contribution in [3.63, 3.8) is 0 Å². The van der Waals surface area contributed by atoms with E-state index in [1.54, 1.807) is 17.4 Å². The number of nitrogens with one attached hydrogen (secondary N) is 1. The van der Waals surface area contributed by atoms with Gasteiger partial charge >= 0.3 is 0 Å². The predicted octanol–water partition coefficient (Wildman–Crippen LogP) is 4.93. The molecular weight excluding hydrogens is 378 g/mol. The maximum atomic E-state index is 11.7. The molecule has 0 spiro atoms. The van der Waals surface area contributed by atoms with E-state index in [-0.39, 0.29) is 5.91 Å². The highest BCUT2D eigenvalue weighted by atomic mass is 79.9. The molecule has 0 saturated carbocycles. The molecule has 18 heavy (non-hydrogen) atoms. The summed E-state index contributed by atoms with van der Waals surface area (Å²) >= 11 is 8.36. The summed E-state index contributed by atoms with van der Waals surface area (Å²) in [5.74, 6) is -0.147. The van der Waals surface area contributed by atoms with Crippen LogP contribution in [0.15, 0.2) is 50.7 Å². The number of thiophene rings is 1. The van der Waals surface area contributed by atoms with Gasteiger partial charge in [0.25, 0.3) is 0 Å². The summed E-state index contributed by atoms with van der Waals surface area (Å²) in [5, 5.41) is 4.79. The summed E-state index contributed by atoms with van der Waals surface area (Å²) in [5.41, 5.74) is 0.749. The number of rotatable bonds is 3. The maximum Gasteiger partial charge on any atom is 0.248 e. The molecule has 0 saturated heterocycles. The highest BCUT2D eigenvalue weighted by molar-refractivity contribution is 9.11. The minimum absolute atomic E-state index is 0.147. The van der Waals surface area contributed by atoms with E-state index in [2.05, 4.69) is 37.2 Å². The fourth-order valence-corrected chi connectivity index (χ4v) is 3.07. The third kappa shape index (κ3) is 3.80. The molecule has 2 nitrogen and oxygen atoms in total. The Kier molecular flexibility index (Phi) is 4.74. The molecule has 0 bridgehead atoms. The van der Waals surface area contributed by atoms with Gasteiger partial charge in [0.05, 0.1) is 5.69 Å². The molecular formula is C13H9Br2NOS. The van der Waals surface area contributed by atoms with E-state index >= 15 is 0 Å². The summed E-state index contributed by atoms with van der Waals surface area (Å²) in [7, 11) is 0. The van der Waals surface area contributed by atoms with Gasteiger partial charge in [0.1, 0.15) is 0 Å². The van der Waals surface area contributed by atoms with E-state index in [9.17, 15) is 4.79 Å². The number of halogens is 2. The Balaban J connectivity index is 2.03. The van der Waals surface area contributed by atoms with E-state index < -0.39 is 0 Å². The number of anilines is 1. The van der Waals surface area contributed by atoms with Crippen molar-refractivity contribution >= 4 is 60.9 Å². The first-order chi connectivity index (χ1) is 8.65. The van der Waals surface area contributed by atoms with E-state index in [1.165, 1.54) is 6.08 Å². The minimum atomic E-state index is -0.147. The minimum Gasteiger partial charge on any atom is -0.321 e. The fourth-order valence-electron chi connectivity index (χ4n) is 1.31. The second-order valence-corrected chi connectivity index (χ2v) is 6.21. The first kappa shape index (κ1) is 13.5. The Morgan fingerprint density at radius 2 is 2.11 bits per heavy atom.